The normalized spacial score (nSPS) is 10.9. The Morgan fingerprint density at radius 3 is 2.40 bits per heavy atom. The highest BCUT2D eigenvalue weighted by molar-refractivity contribution is 5.99. The van der Waals surface area contributed by atoms with Crippen molar-refractivity contribution in [2.45, 2.75) is 13.3 Å². The second-order valence-electron chi connectivity index (χ2n) is 2.91. The lowest BCUT2D eigenvalue weighted by Gasteiger charge is -2.03. The third-order valence-corrected chi connectivity index (χ3v) is 1.75. The van der Waals surface area contributed by atoms with E-state index in [9.17, 15) is 13.6 Å². The summed E-state index contributed by atoms with van der Waals surface area (Å²) in [5.74, 6) is -0.276. The van der Waals surface area contributed by atoms with Crippen LogP contribution in [-0.2, 0) is 4.79 Å². The van der Waals surface area contributed by atoms with Gasteiger partial charge in [-0.15, -0.1) is 0 Å². The van der Waals surface area contributed by atoms with Crippen molar-refractivity contribution >= 4 is 11.6 Å². The first-order valence-electron chi connectivity index (χ1n) is 4.45. The molecule has 0 saturated carbocycles. The number of nitrogens with one attached hydrogen (secondary N) is 1. The van der Waals surface area contributed by atoms with Crippen molar-refractivity contribution in [1.29, 1.82) is 0 Å². The number of amides is 1. The smallest absolute Gasteiger partial charge is 0.263 e. The molecule has 1 N–H and O–H groups in total. The highest BCUT2D eigenvalue weighted by Gasteiger charge is 2.05. The average Bonchev–Trinajstić information content (AvgIpc) is 2.18. The minimum Gasteiger partial charge on any atom is -0.323 e. The average molecular weight is 211 g/mol. The van der Waals surface area contributed by atoms with Gasteiger partial charge in [0.05, 0.1) is 0 Å². The summed E-state index contributed by atoms with van der Waals surface area (Å²) in [4.78, 5) is 11.1. The van der Waals surface area contributed by atoms with Gasteiger partial charge in [-0.3, -0.25) is 4.79 Å². The molecule has 0 saturated heterocycles. The summed E-state index contributed by atoms with van der Waals surface area (Å²) in [7, 11) is 0. The van der Waals surface area contributed by atoms with Crippen molar-refractivity contribution < 1.29 is 13.6 Å². The third kappa shape index (κ3) is 3.50. The number of benzene rings is 1. The van der Waals surface area contributed by atoms with Gasteiger partial charge < -0.3 is 5.32 Å². The Labute approximate surface area is 86.6 Å². The second kappa shape index (κ2) is 5.24. The first kappa shape index (κ1) is 11.4. The quantitative estimate of drug-likeness (QED) is 0.764. The molecule has 0 bridgehead atoms. The second-order valence-corrected chi connectivity index (χ2v) is 2.91. The summed E-state index contributed by atoms with van der Waals surface area (Å²) in [6.07, 6.45) is 0.481. The van der Waals surface area contributed by atoms with Gasteiger partial charge in [-0.2, -0.15) is 0 Å². The molecule has 1 rings (SSSR count). The van der Waals surface area contributed by atoms with Crippen LogP contribution >= 0.6 is 0 Å². The van der Waals surface area contributed by atoms with Crippen LogP contribution in [0.2, 0.25) is 0 Å². The molecule has 80 valence electrons. The first-order chi connectivity index (χ1) is 7.13. The Morgan fingerprint density at radius 2 is 1.93 bits per heavy atom. The van der Waals surface area contributed by atoms with Crippen LogP contribution in [0.5, 0.6) is 0 Å². The van der Waals surface area contributed by atoms with Gasteiger partial charge in [-0.05, 0) is 25.1 Å². The van der Waals surface area contributed by atoms with E-state index in [1.165, 1.54) is 30.3 Å². The van der Waals surface area contributed by atoms with Crippen molar-refractivity contribution in [2.24, 2.45) is 0 Å². The Morgan fingerprint density at radius 1 is 1.33 bits per heavy atom. The van der Waals surface area contributed by atoms with Crippen molar-refractivity contribution in [3.8, 4) is 0 Å². The fraction of sp³-hybridized carbons (Fsp3) is 0.182. The van der Waals surface area contributed by atoms with Gasteiger partial charge in [0, 0.05) is 11.3 Å². The highest BCUT2D eigenvalue weighted by Crippen LogP contribution is 2.20. The molecule has 1 aromatic carbocycles. The van der Waals surface area contributed by atoms with Crippen molar-refractivity contribution in [1.82, 2.24) is 0 Å². The van der Waals surface area contributed by atoms with E-state index in [2.05, 4.69) is 5.32 Å². The Kier molecular flexibility index (Phi) is 3.97. The molecule has 0 spiro atoms. The van der Waals surface area contributed by atoms with Gasteiger partial charge >= 0.3 is 0 Å². The minimum atomic E-state index is -2.48. The van der Waals surface area contributed by atoms with Crippen LogP contribution in [0.3, 0.4) is 0 Å². The van der Waals surface area contributed by atoms with Gasteiger partial charge in [0.1, 0.15) is 0 Å². The zero-order chi connectivity index (χ0) is 11.3. The topological polar surface area (TPSA) is 29.1 Å². The molecule has 0 aliphatic carbocycles. The fourth-order valence-electron chi connectivity index (χ4n) is 1.05. The standard InChI is InChI=1S/C11H11F2NO/c1-2-3-10(15)14-9-6-4-8(5-7-9)11(12)13/h2-7,11H,1H3,(H,14,15)/b3-2+. The molecule has 0 fully saturated rings. The van der Waals surface area contributed by atoms with E-state index >= 15 is 0 Å². The molecule has 0 radical (unpaired) electrons. The number of anilines is 1. The maximum absolute atomic E-state index is 12.2. The summed E-state index contributed by atoms with van der Waals surface area (Å²) < 4.78 is 24.4. The van der Waals surface area contributed by atoms with E-state index in [0.29, 0.717) is 5.69 Å². The SMILES string of the molecule is C/C=C/C(=O)Nc1ccc(C(F)F)cc1. The molecule has 0 atom stereocenters. The highest BCUT2D eigenvalue weighted by atomic mass is 19.3. The van der Waals surface area contributed by atoms with Crippen LogP contribution in [0.1, 0.15) is 18.9 Å². The van der Waals surface area contributed by atoms with E-state index in [0.717, 1.165) is 0 Å². The predicted molar refractivity (Wildman–Crippen MR) is 54.8 cm³/mol. The van der Waals surface area contributed by atoms with Gasteiger partial charge in [0.15, 0.2) is 0 Å². The number of rotatable bonds is 3. The lowest BCUT2D eigenvalue weighted by atomic mass is 10.2. The maximum atomic E-state index is 12.2. The van der Waals surface area contributed by atoms with Gasteiger partial charge in [-0.25, -0.2) is 8.78 Å². The summed E-state index contributed by atoms with van der Waals surface area (Å²) in [6.45, 7) is 1.72. The predicted octanol–water partition coefficient (Wildman–Crippen LogP) is 3.14. The van der Waals surface area contributed by atoms with Crippen LogP contribution in [-0.4, -0.2) is 5.91 Å². The molecular formula is C11H11F2NO. The van der Waals surface area contributed by atoms with E-state index in [4.69, 9.17) is 0 Å². The zero-order valence-corrected chi connectivity index (χ0v) is 8.21. The number of hydrogen-bond acceptors (Lipinski definition) is 1. The molecule has 0 aromatic heterocycles. The molecule has 15 heavy (non-hydrogen) atoms. The molecule has 0 heterocycles. The Bertz CT molecular complexity index is 357. The molecular weight excluding hydrogens is 200 g/mol. The van der Waals surface area contributed by atoms with Crippen LogP contribution in [0.4, 0.5) is 14.5 Å². The largest absolute Gasteiger partial charge is 0.323 e. The van der Waals surface area contributed by atoms with Gasteiger partial charge in [0.2, 0.25) is 5.91 Å². The van der Waals surface area contributed by atoms with Crippen molar-refractivity contribution in [3.63, 3.8) is 0 Å². The van der Waals surface area contributed by atoms with Gasteiger partial charge in [0.25, 0.3) is 6.43 Å². The van der Waals surface area contributed by atoms with Crippen LogP contribution in [0.15, 0.2) is 36.4 Å². The lowest BCUT2D eigenvalue weighted by Crippen LogP contribution is -2.07. The molecule has 1 amide bonds. The number of carbonyl (C=O) groups is 1. The van der Waals surface area contributed by atoms with Crippen LogP contribution < -0.4 is 5.32 Å². The molecule has 0 aliphatic heterocycles. The minimum absolute atomic E-state index is 0.0565. The molecule has 0 aliphatic rings. The number of allylic oxidation sites excluding steroid dienone is 1. The Hall–Kier alpha value is -1.71. The summed E-state index contributed by atoms with van der Waals surface area (Å²) in [5.41, 5.74) is 0.446. The number of carbonyl (C=O) groups excluding carboxylic acids is 1. The third-order valence-electron chi connectivity index (χ3n) is 1.75. The first-order valence-corrected chi connectivity index (χ1v) is 4.45. The van der Waals surface area contributed by atoms with E-state index < -0.39 is 6.43 Å². The number of hydrogen-bond donors (Lipinski definition) is 1. The van der Waals surface area contributed by atoms with E-state index in [-0.39, 0.29) is 11.5 Å². The molecule has 4 heteroatoms. The molecule has 0 unspecified atom stereocenters. The number of alkyl halides is 2. The number of halogens is 2. The van der Waals surface area contributed by atoms with Gasteiger partial charge in [-0.1, -0.05) is 18.2 Å². The van der Waals surface area contributed by atoms with E-state index in [1.54, 1.807) is 13.0 Å². The van der Waals surface area contributed by atoms with Crippen molar-refractivity contribution in [3.05, 3.63) is 42.0 Å². The summed E-state index contributed by atoms with van der Waals surface area (Å²) in [5, 5.41) is 2.54. The van der Waals surface area contributed by atoms with E-state index in [1.807, 2.05) is 0 Å². The van der Waals surface area contributed by atoms with Crippen LogP contribution in [0, 0.1) is 0 Å². The summed E-state index contributed by atoms with van der Waals surface area (Å²) in [6, 6.07) is 5.47. The fourth-order valence-corrected chi connectivity index (χ4v) is 1.05. The van der Waals surface area contributed by atoms with Crippen molar-refractivity contribution in [2.75, 3.05) is 5.32 Å². The molecule has 1 aromatic rings. The maximum Gasteiger partial charge on any atom is 0.263 e. The summed E-state index contributed by atoms with van der Waals surface area (Å²) >= 11 is 0. The monoisotopic (exact) mass is 211 g/mol. The van der Waals surface area contributed by atoms with Crippen LogP contribution in [0.25, 0.3) is 0 Å². The molecule has 2 nitrogen and oxygen atoms in total. The lowest BCUT2D eigenvalue weighted by molar-refractivity contribution is -0.111. The Balaban J connectivity index is 2.68. The zero-order valence-electron chi connectivity index (χ0n) is 8.21.